The van der Waals surface area contributed by atoms with Crippen molar-refractivity contribution < 1.29 is 0 Å². The highest BCUT2D eigenvalue weighted by Gasteiger charge is 2.10. The second kappa shape index (κ2) is 5.31. The van der Waals surface area contributed by atoms with Crippen LogP contribution in [-0.2, 0) is 0 Å². The quantitative estimate of drug-likeness (QED) is 0.774. The highest BCUT2D eigenvalue weighted by Crippen LogP contribution is 2.36. The molecular weight excluding hydrogens is 333 g/mol. The highest BCUT2D eigenvalue weighted by atomic mass is 79.9. The largest absolute Gasteiger partial charge is 0.248 e. The molecule has 0 aliphatic rings. The molecule has 0 unspecified atom stereocenters. The number of nitrogens with zero attached hydrogens (tertiary/aromatic N) is 3. The smallest absolute Gasteiger partial charge is 0.147 e. The van der Waals surface area contributed by atoms with E-state index >= 15 is 0 Å². The van der Waals surface area contributed by atoms with Crippen LogP contribution in [0.1, 0.15) is 0 Å². The Balaban J connectivity index is 2.35. The fourth-order valence-corrected chi connectivity index (χ4v) is 2.56. The number of hydrogen-bond donors (Lipinski definition) is 0. The number of rotatable bonds is 2. The maximum atomic E-state index is 5.99. The standard InChI is InChI=1S/C9H4BrCl2N3S/c10-6-7(12)14-4-15-9(6)16-8-5(11)2-1-3-13-8/h1-4H. The number of hydrogen-bond acceptors (Lipinski definition) is 4. The summed E-state index contributed by atoms with van der Waals surface area (Å²) in [6.45, 7) is 0. The van der Waals surface area contributed by atoms with E-state index in [4.69, 9.17) is 23.2 Å². The zero-order chi connectivity index (χ0) is 11.5. The van der Waals surface area contributed by atoms with Gasteiger partial charge in [-0.2, -0.15) is 0 Å². The fraction of sp³-hybridized carbons (Fsp3) is 0. The zero-order valence-corrected chi connectivity index (χ0v) is 11.6. The summed E-state index contributed by atoms with van der Waals surface area (Å²) >= 11 is 16.5. The van der Waals surface area contributed by atoms with Gasteiger partial charge in [0.05, 0.1) is 9.50 Å². The predicted molar refractivity (Wildman–Crippen MR) is 68.1 cm³/mol. The van der Waals surface area contributed by atoms with Gasteiger partial charge in [-0.05, 0) is 39.8 Å². The molecule has 3 nitrogen and oxygen atoms in total. The van der Waals surface area contributed by atoms with Gasteiger partial charge >= 0.3 is 0 Å². The molecule has 0 spiro atoms. The Morgan fingerprint density at radius 2 is 1.94 bits per heavy atom. The van der Waals surface area contributed by atoms with Crippen molar-refractivity contribution in [1.82, 2.24) is 15.0 Å². The first kappa shape index (κ1) is 12.1. The third-order valence-corrected chi connectivity index (χ3v) is 4.60. The molecule has 0 radical (unpaired) electrons. The van der Waals surface area contributed by atoms with Crippen LogP contribution in [0.3, 0.4) is 0 Å². The van der Waals surface area contributed by atoms with Crippen LogP contribution >= 0.6 is 50.9 Å². The van der Waals surface area contributed by atoms with Crippen LogP contribution < -0.4 is 0 Å². The molecule has 0 bridgehead atoms. The molecular formula is C9H4BrCl2N3S. The third kappa shape index (κ3) is 2.66. The fourth-order valence-electron chi connectivity index (χ4n) is 0.943. The molecule has 82 valence electrons. The lowest BCUT2D eigenvalue weighted by Crippen LogP contribution is -1.88. The van der Waals surface area contributed by atoms with Gasteiger partial charge in [-0.15, -0.1) is 0 Å². The van der Waals surface area contributed by atoms with Crippen LogP contribution in [0, 0.1) is 0 Å². The average molecular weight is 337 g/mol. The number of pyridine rings is 1. The summed E-state index contributed by atoms with van der Waals surface area (Å²) in [6.07, 6.45) is 3.07. The lowest BCUT2D eigenvalue weighted by molar-refractivity contribution is 1.02. The second-order valence-electron chi connectivity index (χ2n) is 2.68. The Labute approximate surface area is 115 Å². The first-order valence-corrected chi connectivity index (χ1v) is 6.49. The van der Waals surface area contributed by atoms with E-state index in [9.17, 15) is 0 Å². The molecule has 0 saturated heterocycles. The lowest BCUT2D eigenvalue weighted by Gasteiger charge is -2.04. The Morgan fingerprint density at radius 3 is 2.69 bits per heavy atom. The predicted octanol–water partition coefficient (Wildman–Crippen LogP) is 4.09. The van der Waals surface area contributed by atoms with Crippen LogP contribution in [-0.4, -0.2) is 15.0 Å². The number of halogens is 3. The van der Waals surface area contributed by atoms with E-state index in [0.717, 1.165) is 0 Å². The summed E-state index contributed by atoms with van der Waals surface area (Å²) in [6, 6.07) is 3.54. The Morgan fingerprint density at radius 1 is 1.12 bits per heavy atom. The maximum absolute atomic E-state index is 5.99. The van der Waals surface area contributed by atoms with Gasteiger partial charge in [-0.3, -0.25) is 0 Å². The minimum absolute atomic E-state index is 0.365. The summed E-state index contributed by atoms with van der Waals surface area (Å²) in [4.78, 5) is 12.1. The molecule has 0 aromatic carbocycles. The summed E-state index contributed by atoms with van der Waals surface area (Å²) in [5.74, 6) is 0. The molecule has 7 heteroatoms. The van der Waals surface area contributed by atoms with Gasteiger partial charge in [0.25, 0.3) is 0 Å². The molecule has 0 N–H and O–H groups in total. The highest BCUT2D eigenvalue weighted by molar-refractivity contribution is 9.10. The normalized spacial score (nSPS) is 10.4. The first-order chi connectivity index (χ1) is 7.68. The Kier molecular flexibility index (Phi) is 4.02. The van der Waals surface area contributed by atoms with Crippen molar-refractivity contribution in [2.45, 2.75) is 10.1 Å². The molecule has 2 rings (SSSR count). The van der Waals surface area contributed by atoms with Crippen molar-refractivity contribution in [3.63, 3.8) is 0 Å². The molecule has 0 aliphatic heterocycles. The van der Waals surface area contributed by atoms with Gasteiger partial charge in [0.2, 0.25) is 0 Å². The van der Waals surface area contributed by atoms with Gasteiger partial charge in [-0.25, -0.2) is 15.0 Å². The molecule has 2 heterocycles. The molecule has 0 fully saturated rings. The molecule has 0 amide bonds. The SMILES string of the molecule is Clc1cccnc1Sc1ncnc(Cl)c1Br. The van der Waals surface area contributed by atoms with Crippen LogP contribution in [0.25, 0.3) is 0 Å². The molecule has 16 heavy (non-hydrogen) atoms. The Hall–Kier alpha value is -0.360. The van der Waals surface area contributed by atoms with Crippen LogP contribution in [0.5, 0.6) is 0 Å². The average Bonchev–Trinajstić information content (AvgIpc) is 2.28. The van der Waals surface area contributed by atoms with Crippen LogP contribution in [0.2, 0.25) is 10.2 Å². The molecule has 0 atom stereocenters. The van der Waals surface area contributed by atoms with Gasteiger partial charge in [0, 0.05) is 6.20 Å². The zero-order valence-electron chi connectivity index (χ0n) is 7.69. The maximum Gasteiger partial charge on any atom is 0.147 e. The van der Waals surface area contributed by atoms with E-state index in [2.05, 4.69) is 30.9 Å². The minimum atomic E-state index is 0.365. The molecule has 0 saturated carbocycles. The third-order valence-electron chi connectivity index (χ3n) is 1.63. The van der Waals surface area contributed by atoms with E-state index < -0.39 is 0 Å². The molecule has 0 aliphatic carbocycles. The summed E-state index contributed by atoms with van der Waals surface area (Å²) in [5, 5.41) is 2.30. The molecule has 2 aromatic heterocycles. The van der Waals surface area contributed by atoms with Gasteiger partial charge < -0.3 is 0 Å². The Bertz CT molecular complexity index is 524. The van der Waals surface area contributed by atoms with E-state index in [0.29, 0.717) is 24.7 Å². The van der Waals surface area contributed by atoms with Crippen molar-refractivity contribution in [3.8, 4) is 0 Å². The van der Waals surface area contributed by atoms with Crippen LogP contribution in [0.15, 0.2) is 39.2 Å². The van der Waals surface area contributed by atoms with E-state index in [1.54, 1.807) is 18.3 Å². The van der Waals surface area contributed by atoms with Gasteiger partial charge in [0.1, 0.15) is 21.5 Å². The van der Waals surface area contributed by atoms with Crippen molar-refractivity contribution in [3.05, 3.63) is 39.3 Å². The topological polar surface area (TPSA) is 38.7 Å². The first-order valence-electron chi connectivity index (χ1n) is 4.13. The number of aromatic nitrogens is 3. The van der Waals surface area contributed by atoms with Crippen molar-refractivity contribution in [2.24, 2.45) is 0 Å². The van der Waals surface area contributed by atoms with E-state index in [-0.39, 0.29) is 0 Å². The van der Waals surface area contributed by atoms with Crippen molar-refractivity contribution in [2.75, 3.05) is 0 Å². The van der Waals surface area contributed by atoms with Gasteiger partial charge in [-0.1, -0.05) is 23.2 Å². The summed E-state index contributed by atoms with van der Waals surface area (Å²) in [5.41, 5.74) is 0. The van der Waals surface area contributed by atoms with E-state index in [1.807, 2.05) is 0 Å². The second-order valence-corrected chi connectivity index (χ2v) is 5.21. The minimum Gasteiger partial charge on any atom is -0.248 e. The van der Waals surface area contributed by atoms with Gasteiger partial charge in [0.15, 0.2) is 0 Å². The monoisotopic (exact) mass is 335 g/mol. The van der Waals surface area contributed by atoms with Crippen molar-refractivity contribution in [1.29, 1.82) is 0 Å². The molecule has 2 aromatic rings. The summed E-state index contributed by atoms with van der Waals surface area (Å²) < 4.78 is 0.642. The van der Waals surface area contributed by atoms with E-state index in [1.165, 1.54) is 18.1 Å². The lowest BCUT2D eigenvalue weighted by atomic mass is 10.5. The van der Waals surface area contributed by atoms with Crippen LogP contribution in [0.4, 0.5) is 0 Å². The summed E-state index contributed by atoms with van der Waals surface area (Å²) in [7, 11) is 0. The van der Waals surface area contributed by atoms with Crippen molar-refractivity contribution >= 4 is 50.9 Å².